The molecule has 3 aromatic rings. The smallest absolute Gasteiger partial charge is 0.128 e. The summed E-state index contributed by atoms with van der Waals surface area (Å²) >= 11 is 6.19. The molecule has 20 heavy (non-hydrogen) atoms. The van der Waals surface area contributed by atoms with Crippen LogP contribution >= 0.6 is 11.6 Å². The number of anilines is 1. The maximum Gasteiger partial charge on any atom is 0.128 e. The fourth-order valence-corrected chi connectivity index (χ4v) is 2.47. The standard InChI is InChI=1S/C15H15ClN4/c1-2-20-9-8-17-14(20)10-19-13-6-5-12(16)11-4-3-7-18-15(11)13/h3-9,19H,2,10H2,1H3. The molecule has 0 atom stereocenters. The van der Waals surface area contributed by atoms with Gasteiger partial charge in [-0.2, -0.15) is 0 Å². The molecular formula is C15H15ClN4. The Morgan fingerprint density at radius 2 is 2.10 bits per heavy atom. The molecular weight excluding hydrogens is 272 g/mol. The Hall–Kier alpha value is -2.07. The van der Waals surface area contributed by atoms with E-state index < -0.39 is 0 Å². The number of nitrogens with one attached hydrogen (secondary N) is 1. The van der Waals surface area contributed by atoms with Crippen molar-refractivity contribution in [3.8, 4) is 0 Å². The highest BCUT2D eigenvalue weighted by Crippen LogP contribution is 2.28. The number of benzene rings is 1. The number of rotatable bonds is 4. The fraction of sp³-hybridized carbons (Fsp3) is 0.200. The Balaban J connectivity index is 1.90. The van der Waals surface area contributed by atoms with Crippen molar-refractivity contribution in [3.05, 3.63) is 53.7 Å². The fourth-order valence-electron chi connectivity index (χ4n) is 2.25. The summed E-state index contributed by atoms with van der Waals surface area (Å²) in [7, 11) is 0. The Morgan fingerprint density at radius 1 is 1.20 bits per heavy atom. The van der Waals surface area contributed by atoms with Crippen LogP contribution in [0.2, 0.25) is 5.02 Å². The molecule has 3 rings (SSSR count). The van der Waals surface area contributed by atoms with Crippen LogP contribution in [0.3, 0.4) is 0 Å². The largest absolute Gasteiger partial charge is 0.376 e. The molecule has 0 spiro atoms. The monoisotopic (exact) mass is 286 g/mol. The first kappa shape index (κ1) is 12.9. The van der Waals surface area contributed by atoms with E-state index in [-0.39, 0.29) is 0 Å². The molecule has 1 aromatic carbocycles. The second-order valence-corrected chi connectivity index (χ2v) is 4.88. The Labute approximate surface area is 122 Å². The number of fused-ring (bicyclic) bond motifs is 1. The van der Waals surface area contributed by atoms with Gasteiger partial charge in [-0.05, 0) is 31.2 Å². The van der Waals surface area contributed by atoms with Crippen molar-refractivity contribution in [1.82, 2.24) is 14.5 Å². The molecule has 1 N–H and O–H groups in total. The first-order valence-electron chi connectivity index (χ1n) is 6.56. The van der Waals surface area contributed by atoms with Gasteiger partial charge in [-0.15, -0.1) is 0 Å². The van der Waals surface area contributed by atoms with Gasteiger partial charge >= 0.3 is 0 Å². The number of aromatic nitrogens is 3. The minimum Gasteiger partial charge on any atom is -0.376 e. The van der Waals surface area contributed by atoms with E-state index in [1.54, 1.807) is 6.20 Å². The SMILES string of the molecule is CCn1ccnc1CNc1ccc(Cl)c2cccnc12. The summed E-state index contributed by atoms with van der Waals surface area (Å²) in [5, 5.41) is 5.06. The van der Waals surface area contributed by atoms with E-state index in [0.717, 1.165) is 29.0 Å². The van der Waals surface area contributed by atoms with Crippen molar-refractivity contribution in [2.45, 2.75) is 20.0 Å². The summed E-state index contributed by atoms with van der Waals surface area (Å²) in [6.07, 6.45) is 5.57. The normalized spacial score (nSPS) is 10.9. The van der Waals surface area contributed by atoms with Crippen LogP contribution in [0, 0.1) is 0 Å². The molecule has 0 aliphatic carbocycles. The highest BCUT2D eigenvalue weighted by atomic mass is 35.5. The van der Waals surface area contributed by atoms with E-state index in [1.807, 2.05) is 36.7 Å². The van der Waals surface area contributed by atoms with Gasteiger partial charge in [0, 0.05) is 30.5 Å². The molecule has 0 bridgehead atoms. The van der Waals surface area contributed by atoms with E-state index >= 15 is 0 Å². The van der Waals surface area contributed by atoms with Crippen molar-refractivity contribution < 1.29 is 0 Å². The Morgan fingerprint density at radius 3 is 2.95 bits per heavy atom. The summed E-state index contributed by atoms with van der Waals surface area (Å²) in [5.41, 5.74) is 1.85. The van der Waals surface area contributed by atoms with Crippen molar-refractivity contribution in [2.24, 2.45) is 0 Å². The van der Waals surface area contributed by atoms with Crippen molar-refractivity contribution in [1.29, 1.82) is 0 Å². The topological polar surface area (TPSA) is 42.7 Å². The van der Waals surface area contributed by atoms with Crippen molar-refractivity contribution in [2.75, 3.05) is 5.32 Å². The second kappa shape index (κ2) is 5.51. The Bertz CT molecular complexity index is 736. The first-order valence-corrected chi connectivity index (χ1v) is 6.94. The number of halogens is 1. The molecule has 0 saturated heterocycles. The van der Waals surface area contributed by atoms with Gasteiger partial charge < -0.3 is 9.88 Å². The summed E-state index contributed by atoms with van der Waals surface area (Å²) in [5.74, 6) is 1.01. The van der Waals surface area contributed by atoms with Gasteiger partial charge in [0.15, 0.2) is 0 Å². The van der Waals surface area contributed by atoms with E-state index in [0.29, 0.717) is 11.6 Å². The van der Waals surface area contributed by atoms with E-state index in [4.69, 9.17) is 11.6 Å². The zero-order chi connectivity index (χ0) is 13.9. The van der Waals surface area contributed by atoms with Crippen LogP contribution < -0.4 is 5.32 Å². The molecule has 0 aliphatic heterocycles. The quantitative estimate of drug-likeness (QED) is 0.795. The molecule has 0 amide bonds. The minimum atomic E-state index is 0.661. The molecule has 2 heterocycles. The van der Waals surface area contributed by atoms with Crippen LogP contribution in [0.4, 0.5) is 5.69 Å². The van der Waals surface area contributed by atoms with E-state index in [9.17, 15) is 0 Å². The van der Waals surface area contributed by atoms with Gasteiger partial charge in [-0.1, -0.05) is 11.6 Å². The third-order valence-corrected chi connectivity index (χ3v) is 3.63. The van der Waals surface area contributed by atoms with Crippen LogP contribution in [0.1, 0.15) is 12.7 Å². The van der Waals surface area contributed by atoms with Gasteiger partial charge in [-0.25, -0.2) is 4.98 Å². The number of pyridine rings is 1. The third-order valence-electron chi connectivity index (χ3n) is 3.30. The van der Waals surface area contributed by atoms with Gasteiger partial charge in [0.1, 0.15) is 5.82 Å². The van der Waals surface area contributed by atoms with Gasteiger partial charge in [-0.3, -0.25) is 4.98 Å². The zero-order valence-electron chi connectivity index (χ0n) is 11.2. The minimum absolute atomic E-state index is 0.661. The second-order valence-electron chi connectivity index (χ2n) is 4.48. The van der Waals surface area contributed by atoms with Crippen molar-refractivity contribution >= 4 is 28.2 Å². The third kappa shape index (κ3) is 2.34. The molecule has 0 unspecified atom stereocenters. The molecule has 102 valence electrons. The maximum absolute atomic E-state index is 6.19. The van der Waals surface area contributed by atoms with E-state index in [2.05, 4.69) is 26.8 Å². The van der Waals surface area contributed by atoms with Crippen LogP contribution in [0.5, 0.6) is 0 Å². The summed E-state index contributed by atoms with van der Waals surface area (Å²) in [6, 6.07) is 7.71. The van der Waals surface area contributed by atoms with Crippen molar-refractivity contribution in [3.63, 3.8) is 0 Å². The number of hydrogen-bond donors (Lipinski definition) is 1. The summed E-state index contributed by atoms with van der Waals surface area (Å²) in [4.78, 5) is 8.76. The number of nitrogens with zero attached hydrogens (tertiary/aromatic N) is 3. The zero-order valence-corrected chi connectivity index (χ0v) is 11.9. The predicted octanol–water partition coefficient (Wildman–Crippen LogP) is 3.72. The molecule has 2 aromatic heterocycles. The van der Waals surface area contributed by atoms with Crippen LogP contribution in [-0.4, -0.2) is 14.5 Å². The average Bonchev–Trinajstić information content (AvgIpc) is 2.94. The highest BCUT2D eigenvalue weighted by molar-refractivity contribution is 6.35. The molecule has 0 aliphatic rings. The van der Waals surface area contributed by atoms with Crippen LogP contribution in [0.25, 0.3) is 10.9 Å². The predicted molar refractivity (Wildman–Crippen MR) is 82.0 cm³/mol. The summed E-state index contributed by atoms with van der Waals surface area (Å²) in [6.45, 7) is 3.68. The van der Waals surface area contributed by atoms with Crippen LogP contribution in [-0.2, 0) is 13.1 Å². The highest BCUT2D eigenvalue weighted by Gasteiger charge is 2.07. The summed E-state index contributed by atoms with van der Waals surface area (Å²) < 4.78 is 2.11. The average molecular weight is 287 g/mol. The molecule has 0 fully saturated rings. The lowest BCUT2D eigenvalue weighted by Gasteiger charge is -2.10. The number of hydrogen-bond acceptors (Lipinski definition) is 3. The van der Waals surface area contributed by atoms with Gasteiger partial charge in [0.25, 0.3) is 0 Å². The molecule has 5 heteroatoms. The molecule has 0 saturated carbocycles. The lowest BCUT2D eigenvalue weighted by atomic mass is 10.2. The van der Waals surface area contributed by atoms with Gasteiger partial charge in [0.2, 0.25) is 0 Å². The number of imidazole rings is 1. The molecule has 4 nitrogen and oxygen atoms in total. The lowest BCUT2D eigenvalue weighted by molar-refractivity contribution is 0.708. The van der Waals surface area contributed by atoms with Gasteiger partial charge in [0.05, 0.1) is 22.8 Å². The van der Waals surface area contributed by atoms with Crippen LogP contribution in [0.15, 0.2) is 42.9 Å². The van der Waals surface area contributed by atoms with E-state index in [1.165, 1.54) is 0 Å². The molecule has 0 radical (unpaired) electrons. The first-order chi connectivity index (χ1) is 9.79. The maximum atomic E-state index is 6.19. The lowest BCUT2D eigenvalue weighted by Crippen LogP contribution is -2.08. The Kier molecular flexibility index (Phi) is 3.56. The number of aryl methyl sites for hydroxylation is 1.